The Kier molecular flexibility index (Phi) is 5.50. The summed E-state index contributed by atoms with van der Waals surface area (Å²) in [4.78, 5) is 30.3. The van der Waals surface area contributed by atoms with E-state index in [0.29, 0.717) is 11.5 Å². The van der Waals surface area contributed by atoms with Crippen LogP contribution in [-0.2, 0) is 0 Å². The Morgan fingerprint density at radius 2 is 1.86 bits per heavy atom. The number of aromatic nitrogens is 5. The Balaban J connectivity index is 1.57. The number of pyridine rings is 1. The van der Waals surface area contributed by atoms with E-state index >= 15 is 0 Å². The number of nitrogens with zero attached hydrogens (tertiary/aromatic N) is 6. The van der Waals surface area contributed by atoms with Crippen LogP contribution >= 0.6 is 0 Å². The van der Waals surface area contributed by atoms with Gasteiger partial charge in [-0.1, -0.05) is 30.3 Å². The molecular weight excluding hydrogens is 458 g/mol. The second-order valence-electron chi connectivity index (χ2n) is 8.17. The average Bonchev–Trinajstić information content (AvgIpc) is 3.26. The Morgan fingerprint density at radius 3 is 2.64 bits per heavy atom. The maximum absolute atomic E-state index is 13.2. The first-order chi connectivity index (χ1) is 17.4. The highest BCUT2D eigenvalue weighted by Crippen LogP contribution is 2.24. The van der Waals surface area contributed by atoms with Crippen LogP contribution < -0.4 is 10.9 Å². The molecule has 3 aromatic heterocycles. The number of para-hydroxylation sites is 1. The molecule has 0 atom stereocenters. The standard InChI is InChI=1S/C26H19N7O3/c1-15-6-5-7-18(10-15)32-23(35)12-21(34)24(31-32)26(36)30-25-17(13-27)14-28-33(25)22-11-16(2)19-8-3-4-9-20(19)29-22/h3-12,14,34H,1-2H3,(H,30,36). The molecule has 5 rings (SSSR count). The molecule has 0 unspecified atom stereocenters. The third kappa shape index (κ3) is 3.95. The second kappa shape index (κ2) is 8.81. The fraction of sp³-hybridized carbons (Fsp3) is 0.0769. The van der Waals surface area contributed by atoms with Crippen LogP contribution in [0.4, 0.5) is 5.82 Å². The first-order valence-electron chi connectivity index (χ1n) is 10.9. The minimum atomic E-state index is -0.829. The molecule has 0 aliphatic heterocycles. The van der Waals surface area contributed by atoms with Crippen molar-refractivity contribution >= 4 is 22.6 Å². The summed E-state index contributed by atoms with van der Waals surface area (Å²) in [5.41, 5.74) is 2.08. The molecule has 0 spiro atoms. The fourth-order valence-corrected chi connectivity index (χ4v) is 3.88. The predicted molar refractivity (Wildman–Crippen MR) is 133 cm³/mol. The van der Waals surface area contributed by atoms with Crippen LogP contribution in [0.3, 0.4) is 0 Å². The minimum absolute atomic E-state index is 0.0548. The van der Waals surface area contributed by atoms with Crippen LogP contribution in [0.15, 0.2) is 71.7 Å². The SMILES string of the molecule is Cc1cccc(-n2nc(C(=O)Nc3c(C#N)cnn3-c3cc(C)c4ccccc4n3)c(O)cc2=O)c1. The third-order valence-corrected chi connectivity index (χ3v) is 5.62. The summed E-state index contributed by atoms with van der Waals surface area (Å²) in [5, 5.41) is 31.9. The molecule has 1 amide bonds. The van der Waals surface area contributed by atoms with E-state index in [4.69, 9.17) is 0 Å². The maximum atomic E-state index is 13.2. The Bertz CT molecular complexity index is 1760. The number of carbonyl (C=O) groups is 1. The molecule has 0 radical (unpaired) electrons. The van der Waals surface area contributed by atoms with Crippen LogP contribution in [0.2, 0.25) is 0 Å². The van der Waals surface area contributed by atoms with Gasteiger partial charge in [-0.05, 0) is 49.2 Å². The zero-order chi connectivity index (χ0) is 25.4. The van der Waals surface area contributed by atoms with Crippen LogP contribution in [0.25, 0.3) is 22.4 Å². The van der Waals surface area contributed by atoms with Gasteiger partial charge in [0.1, 0.15) is 11.6 Å². The lowest BCUT2D eigenvalue weighted by Gasteiger charge is -2.12. The van der Waals surface area contributed by atoms with Crippen molar-refractivity contribution in [3.63, 3.8) is 0 Å². The molecule has 5 aromatic rings. The summed E-state index contributed by atoms with van der Waals surface area (Å²) in [6.45, 7) is 3.78. The van der Waals surface area contributed by atoms with Crippen molar-refractivity contribution in [2.45, 2.75) is 13.8 Å². The molecule has 2 aromatic carbocycles. The third-order valence-electron chi connectivity index (χ3n) is 5.62. The normalized spacial score (nSPS) is 10.8. The summed E-state index contributed by atoms with van der Waals surface area (Å²) in [5.74, 6) is -0.973. The van der Waals surface area contributed by atoms with Crippen LogP contribution in [0.5, 0.6) is 5.75 Å². The number of amides is 1. The molecule has 0 saturated heterocycles. The van der Waals surface area contributed by atoms with E-state index in [0.717, 1.165) is 32.8 Å². The van der Waals surface area contributed by atoms with Gasteiger partial charge in [-0.3, -0.25) is 9.59 Å². The van der Waals surface area contributed by atoms with Gasteiger partial charge in [-0.25, -0.2) is 4.98 Å². The van der Waals surface area contributed by atoms with Gasteiger partial charge in [-0.15, -0.1) is 0 Å². The van der Waals surface area contributed by atoms with Gasteiger partial charge < -0.3 is 10.4 Å². The maximum Gasteiger partial charge on any atom is 0.281 e. The number of aryl methyl sites for hydroxylation is 2. The average molecular weight is 477 g/mol. The van der Waals surface area contributed by atoms with Gasteiger partial charge in [0.25, 0.3) is 11.5 Å². The highest BCUT2D eigenvalue weighted by Gasteiger charge is 2.22. The Labute approximate surface area is 204 Å². The van der Waals surface area contributed by atoms with Gasteiger partial charge in [0.15, 0.2) is 23.1 Å². The summed E-state index contributed by atoms with van der Waals surface area (Å²) < 4.78 is 2.36. The van der Waals surface area contributed by atoms with Crippen LogP contribution in [0, 0.1) is 25.2 Å². The number of hydrogen-bond acceptors (Lipinski definition) is 7. The van der Waals surface area contributed by atoms with Gasteiger partial charge in [0.05, 0.1) is 17.4 Å². The monoisotopic (exact) mass is 477 g/mol. The molecule has 0 fully saturated rings. The molecule has 176 valence electrons. The molecule has 0 aliphatic rings. The fourth-order valence-electron chi connectivity index (χ4n) is 3.88. The molecule has 0 bridgehead atoms. The zero-order valence-corrected chi connectivity index (χ0v) is 19.3. The highest BCUT2D eigenvalue weighted by atomic mass is 16.3. The number of rotatable bonds is 4. The van der Waals surface area contributed by atoms with E-state index in [-0.39, 0.29) is 11.4 Å². The van der Waals surface area contributed by atoms with E-state index in [1.54, 1.807) is 24.3 Å². The highest BCUT2D eigenvalue weighted by molar-refractivity contribution is 6.04. The lowest BCUT2D eigenvalue weighted by atomic mass is 10.1. The molecule has 10 nitrogen and oxygen atoms in total. The molecule has 3 heterocycles. The van der Waals surface area contributed by atoms with E-state index < -0.39 is 22.9 Å². The van der Waals surface area contributed by atoms with Crippen LogP contribution in [-0.4, -0.2) is 35.6 Å². The number of benzene rings is 2. The summed E-state index contributed by atoms with van der Waals surface area (Å²) in [6.07, 6.45) is 1.31. The summed E-state index contributed by atoms with van der Waals surface area (Å²) in [7, 11) is 0. The first-order valence-corrected chi connectivity index (χ1v) is 10.9. The number of nitriles is 1. The lowest BCUT2D eigenvalue weighted by Crippen LogP contribution is -2.26. The van der Waals surface area contributed by atoms with Crippen molar-refractivity contribution in [1.29, 1.82) is 5.26 Å². The largest absolute Gasteiger partial charge is 0.505 e. The van der Waals surface area contributed by atoms with Crippen molar-refractivity contribution in [2.75, 3.05) is 5.32 Å². The number of hydrogen-bond donors (Lipinski definition) is 2. The van der Waals surface area contributed by atoms with Gasteiger partial charge in [0.2, 0.25) is 0 Å². The number of aromatic hydroxyl groups is 1. The summed E-state index contributed by atoms with van der Waals surface area (Å²) in [6, 6.07) is 19.3. The summed E-state index contributed by atoms with van der Waals surface area (Å²) >= 11 is 0. The smallest absolute Gasteiger partial charge is 0.281 e. The molecule has 36 heavy (non-hydrogen) atoms. The van der Waals surface area contributed by atoms with Gasteiger partial charge in [0, 0.05) is 11.5 Å². The van der Waals surface area contributed by atoms with Gasteiger partial charge >= 0.3 is 0 Å². The number of carbonyl (C=O) groups excluding carboxylic acids is 1. The molecular formula is C26H19N7O3. The predicted octanol–water partition coefficient (Wildman–Crippen LogP) is 3.41. The van der Waals surface area contributed by atoms with E-state index in [1.165, 1.54) is 10.9 Å². The molecule has 10 heteroatoms. The van der Waals surface area contributed by atoms with Crippen molar-refractivity contribution in [2.24, 2.45) is 0 Å². The van der Waals surface area contributed by atoms with Crippen molar-refractivity contribution in [3.05, 3.63) is 99.6 Å². The minimum Gasteiger partial charge on any atom is -0.505 e. The Hall–Kier alpha value is -5.30. The topological polar surface area (TPSA) is 139 Å². The molecule has 2 N–H and O–H groups in total. The van der Waals surface area contributed by atoms with E-state index in [2.05, 4.69) is 20.5 Å². The first kappa shape index (κ1) is 22.5. The Morgan fingerprint density at radius 1 is 1.06 bits per heavy atom. The second-order valence-corrected chi connectivity index (χ2v) is 8.17. The number of anilines is 1. The van der Waals surface area contributed by atoms with Gasteiger partial charge in [-0.2, -0.15) is 24.8 Å². The molecule has 0 saturated carbocycles. The number of nitrogens with one attached hydrogen (secondary N) is 1. The quantitative estimate of drug-likeness (QED) is 0.404. The van der Waals surface area contributed by atoms with E-state index in [9.17, 15) is 20.0 Å². The number of fused-ring (bicyclic) bond motifs is 1. The van der Waals surface area contributed by atoms with Crippen LogP contribution in [0.1, 0.15) is 27.2 Å². The molecule has 0 aliphatic carbocycles. The van der Waals surface area contributed by atoms with Crippen molar-refractivity contribution < 1.29 is 9.90 Å². The van der Waals surface area contributed by atoms with Crippen molar-refractivity contribution in [3.8, 4) is 23.3 Å². The lowest BCUT2D eigenvalue weighted by molar-refractivity contribution is 0.101. The van der Waals surface area contributed by atoms with E-state index in [1.807, 2.05) is 50.2 Å². The zero-order valence-electron chi connectivity index (χ0n) is 19.3. The van der Waals surface area contributed by atoms with Crippen molar-refractivity contribution in [1.82, 2.24) is 24.5 Å².